The van der Waals surface area contributed by atoms with E-state index < -0.39 is 0 Å². The van der Waals surface area contributed by atoms with Crippen molar-refractivity contribution in [1.29, 1.82) is 0 Å². The molecular formula is C16H19BrN2O. The van der Waals surface area contributed by atoms with E-state index >= 15 is 0 Å². The van der Waals surface area contributed by atoms with Crippen molar-refractivity contribution in [1.82, 2.24) is 4.98 Å². The van der Waals surface area contributed by atoms with Gasteiger partial charge in [0.15, 0.2) is 0 Å². The van der Waals surface area contributed by atoms with Crippen molar-refractivity contribution in [3.63, 3.8) is 0 Å². The number of phenolic OH excluding ortho intramolecular Hbond substituents is 1. The number of alkyl halides is 1. The van der Waals surface area contributed by atoms with Crippen LogP contribution < -0.4 is 4.90 Å². The van der Waals surface area contributed by atoms with Gasteiger partial charge in [0.1, 0.15) is 11.6 Å². The van der Waals surface area contributed by atoms with E-state index in [1.165, 1.54) is 25.7 Å². The highest BCUT2D eigenvalue weighted by Crippen LogP contribution is 2.31. The minimum Gasteiger partial charge on any atom is -0.508 e. The van der Waals surface area contributed by atoms with Gasteiger partial charge in [-0.15, -0.1) is 0 Å². The molecule has 1 fully saturated rings. The fraction of sp³-hybridized carbons (Fsp3) is 0.438. The molecule has 1 aromatic heterocycles. The van der Waals surface area contributed by atoms with Crippen LogP contribution >= 0.6 is 15.9 Å². The van der Waals surface area contributed by atoms with Gasteiger partial charge in [-0.3, -0.25) is 0 Å². The Kier molecular flexibility index (Phi) is 4.10. The largest absolute Gasteiger partial charge is 0.508 e. The average Bonchev–Trinajstić information content (AvgIpc) is 2.71. The zero-order valence-electron chi connectivity index (χ0n) is 11.4. The topological polar surface area (TPSA) is 36.4 Å². The first kappa shape index (κ1) is 13.7. The fourth-order valence-corrected chi connectivity index (χ4v) is 3.66. The third kappa shape index (κ3) is 2.62. The summed E-state index contributed by atoms with van der Waals surface area (Å²) in [6.45, 7) is 1.04. The number of benzene rings is 1. The lowest BCUT2D eigenvalue weighted by Gasteiger charge is -2.30. The number of hydrogen-bond acceptors (Lipinski definition) is 3. The summed E-state index contributed by atoms with van der Waals surface area (Å²) in [6.07, 6.45) is 6.84. The number of nitrogens with zero attached hydrogens (tertiary/aromatic N) is 2. The van der Waals surface area contributed by atoms with Gasteiger partial charge in [0, 0.05) is 29.5 Å². The Bertz CT molecular complexity index is 602. The highest BCUT2D eigenvalue weighted by atomic mass is 79.9. The Balaban J connectivity index is 2.09. The SMILES string of the molecule is Oc1ccc2ccnc(N3CCCCCC3CBr)c2c1. The molecule has 0 bridgehead atoms. The van der Waals surface area contributed by atoms with Crippen molar-refractivity contribution in [2.24, 2.45) is 0 Å². The number of halogens is 1. The smallest absolute Gasteiger partial charge is 0.136 e. The second-order valence-electron chi connectivity index (χ2n) is 5.39. The highest BCUT2D eigenvalue weighted by molar-refractivity contribution is 9.09. The number of rotatable bonds is 2. The predicted molar refractivity (Wildman–Crippen MR) is 86.8 cm³/mol. The molecule has 0 aliphatic carbocycles. The maximum Gasteiger partial charge on any atom is 0.136 e. The van der Waals surface area contributed by atoms with Crippen LogP contribution in [0.2, 0.25) is 0 Å². The van der Waals surface area contributed by atoms with Crippen molar-refractivity contribution < 1.29 is 5.11 Å². The summed E-state index contributed by atoms with van der Waals surface area (Å²) in [6, 6.07) is 8.00. The quantitative estimate of drug-likeness (QED) is 0.840. The first-order valence-electron chi connectivity index (χ1n) is 7.20. The van der Waals surface area contributed by atoms with E-state index in [2.05, 4.69) is 25.8 Å². The number of aromatic nitrogens is 1. The van der Waals surface area contributed by atoms with Crippen LogP contribution in [0, 0.1) is 0 Å². The molecule has 1 aliphatic heterocycles. The number of hydrogen-bond donors (Lipinski definition) is 1. The number of pyridine rings is 1. The van der Waals surface area contributed by atoms with Crippen molar-refractivity contribution in [2.45, 2.75) is 31.7 Å². The van der Waals surface area contributed by atoms with E-state index in [0.717, 1.165) is 28.5 Å². The van der Waals surface area contributed by atoms with Crippen LogP contribution in [0.3, 0.4) is 0 Å². The Morgan fingerprint density at radius 3 is 3.00 bits per heavy atom. The van der Waals surface area contributed by atoms with Crippen LogP contribution in [0.5, 0.6) is 5.75 Å². The Morgan fingerprint density at radius 2 is 2.15 bits per heavy atom. The molecule has 1 atom stereocenters. The number of aromatic hydroxyl groups is 1. The van der Waals surface area contributed by atoms with Gasteiger partial charge in [0.2, 0.25) is 0 Å². The van der Waals surface area contributed by atoms with E-state index in [9.17, 15) is 5.11 Å². The van der Waals surface area contributed by atoms with Crippen molar-refractivity contribution in [2.75, 3.05) is 16.8 Å². The van der Waals surface area contributed by atoms with E-state index in [1.807, 2.05) is 24.4 Å². The van der Waals surface area contributed by atoms with Gasteiger partial charge in [-0.2, -0.15) is 0 Å². The van der Waals surface area contributed by atoms with Gasteiger partial charge < -0.3 is 10.0 Å². The van der Waals surface area contributed by atoms with Crippen LogP contribution in [0.1, 0.15) is 25.7 Å². The second-order valence-corrected chi connectivity index (χ2v) is 6.04. The van der Waals surface area contributed by atoms with Crippen molar-refractivity contribution >= 4 is 32.5 Å². The standard InChI is InChI=1S/C16H19BrN2O/c17-11-13-4-2-1-3-9-19(13)16-15-10-14(20)6-5-12(15)7-8-18-16/h5-8,10,13,20H,1-4,9,11H2. The summed E-state index contributed by atoms with van der Waals surface area (Å²) in [7, 11) is 0. The van der Waals surface area contributed by atoms with Gasteiger partial charge in [-0.1, -0.05) is 34.8 Å². The Hall–Kier alpha value is -1.29. The average molecular weight is 335 g/mol. The predicted octanol–water partition coefficient (Wildman–Crippen LogP) is 4.08. The van der Waals surface area contributed by atoms with Crippen molar-refractivity contribution in [3.05, 3.63) is 30.5 Å². The molecule has 2 heterocycles. The van der Waals surface area contributed by atoms with Crippen LogP contribution in [-0.2, 0) is 0 Å². The van der Waals surface area contributed by atoms with Crippen LogP contribution in [-0.4, -0.2) is 28.0 Å². The monoisotopic (exact) mass is 334 g/mol. The molecule has 0 amide bonds. The molecule has 106 valence electrons. The zero-order valence-corrected chi connectivity index (χ0v) is 13.0. The maximum atomic E-state index is 9.78. The lowest BCUT2D eigenvalue weighted by Crippen LogP contribution is -2.36. The molecule has 3 nitrogen and oxygen atoms in total. The molecule has 0 radical (unpaired) electrons. The minimum atomic E-state index is 0.303. The normalized spacial score (nSPS) is 20.1. The molecule has 1 aliphatic rings. The molecule has 4 heteroatoms. The third-order valence-electron chi connectivity index (χ3n) is 4.06. The van der Waals surface area contributed by atoms with Crippen LogP contribution in [0.25, 0.3) is 10.8 Å². The molecular weight excluding hydrogens is 316 g/mol. The Morgan fingerprint density at radius 1 is 1.25 bits per heavy atom. The van der Waals surface area contributed by atoms with Crippen molar-refractivity contribution in [3.8, 4) is 5.75 Å². The summed E-state index contributed by atoms with van der Waals surface area (Å²) in [5.41, 5.74) is 0. The van der Waals surface area contributed by atoms with Gasteiger partial charge in [0.05, 0.1) is 0 Å². The molecule has 1 aromatic carbocycles. The lowest BCUT2D eigenvalue weighted by atomic mass is 10.1. The molecule has 0 saturated carbocycles. The molecule has 3 rings (SSSR count). The van der Waals surface area contributed by atoms with Crippen LogP contribution in [0.4, 0.5) is 5.82 Å². The summed E-state index contributed by atoms with van der Waals surface area (Å²) >= 11 is 3.64. The van der Waals surface area contributed by atoms with Gasteiger partial charge in [-0.05, 0) is 36.4 Å². The van der Waals surface area contributed by atoms with E-state index in [4.69, 9.17) is 0 Å². The third-order valence-corrected chi connectivity index (χ3v) is 4.80. The maximum absolute atomic E-state index is 9.78. The number of anilines is 1. The Labute approximate surface area is 127 Å². The van der Waals surface area contributed by atoms with Gasteiger partial charge >= 0.3 is 0 Å². The first-order valence-corrected chi connectivity index (χ1v) is 8.32. The summed E-state index contributed by atoms with van der Waals surface area (Å²) in [4.78, 5) is 7.01. The molecule has 1 unspecified atom stereocenters. The second kappa shape index (κ2) is 6.00. The number of fused-ring (bicyclic) bond motifs is 1. The van der Waals surface area contributed by atoms with E-state index in [-0.39, 0.29) is 0 Å². The molecule has 1 saturated heterocycles. The first-order chi connectivity index (χ1) is 9.79. The molecule has 20 heavy (non-hydrogen) atoms. The summed E-state index contributed by atoms with van der Waals surface area (Å²) in [5, 5.41) is 12.9. The number of phenols is 1. The van der Waals surface area contributed by atoms with E-state index in [1.54, 1.807) is 6.07 Å². The van der Waals surface area contributed by atoms with Gasteiger partial charge in [-0.25, -0.2) is 4.98 Å². The molecule has 1 N–H and O–H groups in total. The summed E-state index contributed by atoms with van der Waals surface area (Å²) in [5.74, 6) is 1.31. The van der Waals surface area contributed by atoms with Crippen LogP contribution in [0.15, 0.2) is 30.5 Å². The van der Waals surface area contributed by atoms with E-state index in [0.29, 0.717) is 11.8 Å². The summed E-state index contributed by atoms with van der Waals surface area (Å²) < 4.78 is 0. The fourth-order valence-electron chi connectivity index (χ4n) is 2.99. The minimum absolute atomic E-state index is 0.303. The zero-order chi connectivity index (χ0) is 13.9. The highest BCUT2D eigenvalue weighted by Gasteiger charge is 2.22. The lowest BCUT2D eigenvalue weighted by molar-refractivity contribution is 0.476. The van der Waals surface area contributed by atoms with Gasteiger partial charge in [0.25, 0.3) is 0 Å². The molecule has 2 aromatic rings. The molecule has 0 spiro atoms.